The molecule has 1 atom stereocenters. The van der Waals surface area contributed by atoms with Crippen molar-refractivity contribution in [3.05, 3.63) is 58.3 Å². The van der Waals surface area contributed by atoms with Gasteiger partial charge in [0, 0.05) is 18.8 Å². The zero-order chi connectivity index (χ0) is 15.4. The van der Waals surface area contributed by atoms with Gasteiger partial charge in [-0.15, -0.1) is 0 Å². The van der Waals surface area contributed by atoms with Gasteiger partial charge >= 0.3 is 0 Å². The molecule has 2 heterocycles. The number of pyridine rings is 1. The molecule has 0 bridgehead atoms. The zero-order valence-electron chi connectivity index (χ0n) is 12.0. The van der Waals surface area contributed by atoms with Crippen molar-refractivity contribution in [2.45, 2.75) is 19.3 Å². The Balaban J connectivity index is 1.92. The van der Waals surface area contributed by atoms with Gasteiger partial charge < -0.3 is 15.7 Å². The standard InChI is InChI=1S/C16H17N5O/c17-10-12-15(19-13-7-3-4-8-18-13)20-14(21-16(12)22)9-11-5-1-2-6-11/h1,3-5,7-8,10-11,17H,2,6,9H2,(H2,18,19,20,21,22). The molecule has 0 spiro atoms. The van der Waals surface area contributed by atoms with Crippen LogP contribution in [0.25, 0.3) is 0 Å². The lowest BCUT2D eigenvalue weighted by molar-refractivity contribution is 0.607. The van der Waals surface area contributed by atoms with Gasteiger partial charge in [-0.25, -0.2) is 9.97 Å². The molecule has 0 saturated heterocycles. The molecule has 6 nitrogen and oxygen atoms in total. The maximum Gasteiger partial charge on any atom is 0.261 e. The molecule has 1 unspecified atom stereocenters. The highest BCUT2D eigenvalue weighted by molar-refractivity contribution is 5.84. The third-order valence-electron chi connectivity index (χ3n) is 3.63. The summed E-state index contributed by atoms with van der Waals surface area (Å²) < 4.78 is 0. The van der Waals surface area contributed by atoms with Crippen LogP contribution in [0.3, 0.4) is 0 Å². The summed E-state index contributed by atoms with van der Waals surface area (Å²) >= 11 is 0. The summed E-state index contributed by atoms with van der Waals surface area (Å²) in [6.07, 6.45) is 9.84. The number of hydrogen-bond donors (Lipinski definition) is 3. The second-order valence-corrected chi connectivity index (χ2v) is 5.23. The molecule has 2 aromatic heterocycles. The summed E-state index contributed by atoms with van der Waals surface area (Å²) in [5, 5.41) is 10.4. The molecule has 6 heteroatoms. The molecule has 112 valence electrons. The van der Waals surface area contributed by atoms with Gasteiger partial charge in [0.05, 0.1) is 0 Å². The second kappa shape index (κ2) is 6.34. The van der Waals surface area contributed by atoms with E-state index in [0.29, 0.717) is 29.8 Å². The quantitative estimate of drug-likeness (QED) is 0.583. The fourth-order valence-electron chi connectivity index (χ4n) is 2.53. The number of aromatic nitrogens is 3. The van der Waals surface area contributed by atoms with Crippen LogP contribution in [0, 0.1) is 11.3 Å². The SMILES string of the molecule is N=Cc1c(Nc2ccccn2)nc(CC2C=CCC2)[nH]c1=O. The molecule has 0 aliphatic heterocycles. The van der Waals surface area contributed by atoms with Gasteiger partial charge in [-0.2, -0.15) is 0 Å². The summed E-state index contributed by atoms with van der Waals surface area (Å²) in [4.78, 5) is 23.5. The lowest BCUT2D eigenvalue weighted by Crippen LogP contribution is -2.20. The van der Waals surface area contributed by atoms with Crippen molar-refractivity contribution >= 4 is 17.9 Å². The summed E-state index contributed by atoms with van der Waals surface area (Å²) in [5.74, 6) is 2.01. The van der Waals surface area contributed by atoms with Crippen LogP contribution in [0.1, 0.15) is 24.2 Å². The van der Waals surface area contributed by atoms with Gasteiger partial charge in [-0.05, 0) is 30.9 Å². The first-order valence-corrected chi connectivity index (χ1v) is 7.24. The lowest BCUT2D eigenvalue weighted by Gasteiger charge is -2.11. The number of hydrogen-bond acceptors (Lipinski definition) is 5. The first-order valence-electron chi connectivity index (χ1n) is 7.24. The van der Waals surface area contributed by atoms with Crippen molar-refractivity contribution in [2.75, 3.05) is 5.32 Å². The van der Waals surface area contributed by atoms with Crippen LogP contribution < -0.4 is 10.9 Å². The van der Waals surface area contributed by atoms with Crippen molar-refractivity contribution in [1.29, 1.82) is 5.41 Å². The van der Waals surface area contributed by atoms with Gasteiger partial charge in [0.1, 0.15) is 23.0 Å². The number of aromatic amines is 1. The highest BCUT2D eigenvalue weighted by Crippen LogP contribution is 2.21. The number of anilines is 2. The van der Waals surface area contributed by atoms with Crippen LogP contribution in [-0.4, -0.2) is 21.2 Å². The second-order valence-electron chi connectivity index (χ2n) is 5.23. The van der Waals surface area contributed by atoms with Crippen LogP contribution in [0.15, 0.2) is 41.3 Å². The van der Waals surface area contributed by atoms with E-state index in [-0.39, 0.29) is 11.1 Å². The molecule has 2 aromatic rings. The topological polar surface area (TPSA) is 94.5 Å². The average Bonchev–Trinajstić information content (AvgIpc) is 3.01. The molecule has 0 amide bonds. The van der Waals surface area contributed by atoms with Crippen molar-refractivity contribution < 1.29 is 0 Å². The van der Waals surface area contributed by atoms with E-state index in [0.717, 1.165) is 19.1 Å². The van der Waals surface area contributed by atoms with Gasteiger partial charge in [-0.1, -0.05) is 18.2 Å². The van der Waals surface area contributed by atoms with E-state index in [1.54, 1.807) is 12.3 Å². The van der Waals surface area contributed by atoms with E-state index >= 15 is 0 Å². The number of H-pyrrole nitrogens is 1. The molecule has 22 heavy (non-hydrogen) atoms. The fraction of sp³-hybridized carbons (Fsp3) is 0.250. The Kier molecular flexibility index (Phi) is 4.09. The Morgan fingerprint density at radius 2 is 2.36 bits per heavy atom. The Morgan fingerprint density at radius 1 is 1.45 bits per heavy atom. The number of rotatable bonds is 5. The highest BCUT2D eigenvalue weighted by atomic mass is 16.1. The Labute approximate surface area is 127 Å². The van der Waals surface area contributed by atoms with E-state index in [1.807, 2.05) is 12.1 Å². The molecule has 1 aliphatic carbocycles. The Bertz CT molecular complexity index is 751. The monoisotopic (exact) mass is 295 g/mol. The van der Waals surface area contributed by atoms with E-state index in [4.69, 9.17) is 5.41 Å². The van der Waals surface area contributed by atoms with Crippen LogP contribution in [-0.2, 0) is 6.42 Å². The molecular formula is C16H17N5O. The predicted octanol–water partition coefficient (Wildman–Crippen LogP) is 2.41. The van der Waals surface area contributed by atoms with Gasteiger partial charge in [0.2, 0.25) is 0 Å². The molecule has 0 fully saturated rings. The fourth-order valence-corrected chi connectivity index (χ4v) is 2.53. The first kappa shape index (κ1) is 14.2. The molecule has 0 aromatic carbocycles. The zero-order valence-corrected chi connectivity index (χ0v) is 12.0. The largest absolute Gasteiger partial charge is 0.324 e. The van der Waals surface area contributed by atoms with Crippen LogP contribution >= 0.6 is 0 Å². The molecule has 3 N–H and O–H groups in total. The van der Waals surface area contributed by atoms with Gasteiger partial charge in [-0.3, -0.25) is 4.79 Å². The molecule has 0 saturated carbocycles. The van der Waals surface area contributed by atoms with Crippen molar-refractivity contribution in [2.24, 2.45) is 5.92 Å². The average molecular weight is 295 g/mol. The summed E-state index contributed by atoms with van der Waals surface area (Å²) in [6.45, 7) is 0. The van der Waals surface area contributed by atoms with Crippen LogP contribution in [0.4, 0.5) is 11.6 Å². The third kappa shape index (κ3) is 3.11. The summed E-state index contributed by atoms with van der Waals surface area (Å²) in [6, 6.07) is 5.44. The smallest absolute Gasteiger partial charge is 0.261 e. The molecule has 0 radical (unpaired) electrons. The molecule has 1 aliphatic rings. The third-order valence-corrected chi connectivity index (χ3v) is 3.63. The first-order chi connectivity index (χ1) is 10.8. The summed E-state index contributed by atoms with van der Waals surface area (Å²) in [7, 11) is 0. The Hall–Kier alpha value is -2.76. The van der Waals surface area contributed by atoms with E-state index in [2.05, 4.69) is 32.4 Å². The van der Waals surface area contributed by atoms with Crippen molar-refractivity contribution in [3.8, 4) is 0 Å². The molecule has 3 rings (SSSR count). The minimum Gasteiger partial charge on any atom is -0.324 e. The van der Waals surface area contributed by atoms with E-state index in [9.17, 15) is 4.79 Å². The van der Waals surface area contributed by atoms with E-state index in [1.165, 1.54) is 0 Å². The van der Waals surface area contributed by atoms with Gasteiger partial charge in [0.25, 0.3) is 5.56 Å². The van der Waals surface area contributed by atoms with E-state index < -0.39 is 0 Å². The van der Waals surface area contributed by atoms with Crippen molar-refractivity contribution in [1.82, 2.24) is 15.0 Å². The number of nitrogens with one attached hydrogen (secondary N) is 3. The van der Waals surface area contributed by atoms with Crippen molar-refractivity contribution in [3.63, 3.8) is 0 Å². The summed E-state index contributed by atoms with van der Waals surface area (Å²) in [5.41, 5.74) is -0.100. The predicted molar refractivity (Wildman–Crippen MR) is 85.8 cm³/mol. The molecular weight excluding hydrogens is 278 g/mol. The maximum absolute atomic E-state index is 12.1. The van der Waals surface area contributed by atoms with Gasteiger partial charge in [0.15, 0.2) is 0 Å². The van der Waals surface area contributed by atoms with Crippen LogP contribution in [0.5, 0.6) is 0 Å². The maximum atomic E-state index is 12.1. The number of allylic oxidation sites excluding steroid dienone is 2. The minimum absolute atomic E-state index is 0.205. The van der Waals surface area contributed by atoms with Crippen LogP contribution in [0.2, 0.25) is 0 Å². The highest BCUT2D eigenvalue weighted by Gasteiger charge is 2.15. The lowest BCUT2D eigenvalue weighted by atomic mass is 10.1. The Morgan fingerprint density at radius 3 is 3.05 bits per heavy atom. The normalized spacial score (nSPS) is 16.6. The minimum atomic E-state index is -0.305. The number of nitrogens with zero attached hydrogens (tertiary/aromatic N) is 2.